The lowest BCUT2D eigenvalue weighted by molar-refractivity contribution is 0.214. The quantitative estimate of drug-likeness (QED) is 0.588. The van der Waals surface area contributed by atoms with E-state index in [1.165, 1.54) is 19.3 Å². The van der Waals surface area contributed by atoms with E-state index in [1.807, 2.05) is 6.07 Å². The van der Waals surface area contributed by atoms with Gasteiger partial charge in [-0.15, -0.1) is 10.2 Å². The molecule has 0 atom stereocenters. The van der Waals surface area contributed by atoms with Gasteiger partial charge in [0.25, 0.3) is 0 Å². The molecule has 24 heavy (non-hydrogen) atoms. The molecule has 0 unspecified atom stereocenters. The van der Waals surface area contributed by atoms with Crippen LogP contribution in [0.1, 0.15) is 37.9 Å². The molecule has 130 valence electrons. The van der Waals surface area contributed by atoms with Gasteiger partial charge in [0.15, 0.2) is 11.0 Å². The third-order valence-corrected chi connectivity index (χ3v) is 5.33. The Balaban J connectivity index is 1.78. The predicted molar refractivity (Wildman–Crippen MR) is 97.5 cm³/mol. The zero-order chi connectivity index (χ0) is 16.6. The highest BCUT2D eigenvalue weighted by atomic mass is 32.2. The number of piperidine rings is 1. The van der Waals surface area contributed by atoms with Crippen LogP contribution in [0.2, 0.25) is 0 Å². The molecule has 0 radical (unpaired) electrons. The fourth-order valence-corrected chi connectivity index (χ4v) is 4.00. The molecule has 3 rings (SSSR count). The largest absolute Gasteiger partial charge is 0.396 e. The Morgan fingerprint density at radius 2 is 1.79 bits per heavy atom. The first kappa shape index (κ1) is 17.5. The number of aliphatic hydroxyl groups excluding tert-OH is 1. The molecule has 0 saturated carbocycles. The Morgan fingerprint density at radius 1 is 1.00 bits per heavy atom. The van der Waals surface area contributed by atoms with E-state index in [4.69, 9.17) is 5.11 Å². The van der Waals surface area contributed by atoms with E-state index in [0.29, 0.717) is 0 Å². The molecular formula is C18H26N4OS. The van der Waals surface area contributed by atoms with Crippen molar-refractivity contribution >= 4 is 11.8 Å². The van der Waals surface area contributed by atoms with E-state index in [9.17, 15) is 0 Å². The minimum Gasteiger partial charge on any atom is -0.396 e. The van der Waals surface area contributed by atoms with Crippen LogP contribution in [0, 0.1) is 0 Å². The number of likely N-dealkylation sites (tertiary alicyclic amines) is 1. The molecule has 1 aliphatic heterocycles. The highest BCUT2D eigenvalue weighted by Crippen LogP contribution is 2.24. The maximum absolute atomic E-state index is 8.93. The molecule has 1 saturated heterocycles. The van der Waals surface area contributed by atoms with Crippen LogP contribution < -0.4 is 0 Å². The normalized spacial score (nSPS) is 15.7. The molecule has 0 spiro atoms. The van der Waals surface area contributed by atoms with Crippen molar-refractivity contribution in [3.05, 3.63) is 36.2 Å². The number of hydrogen-bond donors (Lipinski definition) is 1. The second-order valence-corrected chi connectivity index (χ2v) is 7.25. The SMILES string of the molecule is OCCCCSc1nnc(CN2CCCCC2)n1-c1ccccc1. The number of rotatable bonds is 8. The Morgan fingerprint density at radius 3 is 2.54 bits per heavy atom. The van der Waals surface area contributed by atoms with Crippen molar-refractivity contribution < 1.29 is 5.11 Å². The monoisotopic (exact) mass is 346 g/mol. The van der Waals surface area contributed by atoms with Gasteiger partial charge in [0.2, 0.25) is 0 Å². The van der Waals surface area contributed by atoms with Gasteiger partial charge in [-0.2, -0.15) is 0 Å². The fraction of sp³-hybridized carbons (Fsp3) is 0.556. The molecule has 1 aromatic heterocycles. The van der Waals surface area contributed by atoms with Gasteiger partial charge in [0, 0.05) is 18.0 Å². The van der Waals surface area contributed by atoms with Crippen LogP contribution in [-0.2, 0) is 6.54 Å². The summed E-state index contributed by atoms with van der Waals surface area (Å²) in [6.07, 6.45) is 5.73. The lowest BCUT2D eigenvalue weighted by Crippen LogP contribution is -2.30. The summed E-state index contributed by atoms with van der Waals surface area (Å²) >= 11 is 1.72. The molecule has 5 nitrogen and oxygen atoms in total. The number of para-hydroxylation sites is 1. The molecular weight excluding hydrogens is 320 g/mol. The van der Waals surface area contributed by atoms with Crippen molar-refractivity contribution in [1.82, 2.24) is 19.7 Å². The number of aromatic nitrogens is 3. The second-order valence-electron chi connectivity index (χ2n) is 6.19. The van der Waals surface area contributed by atoms with Crippen molar-refractivity contribution in [2.75, 3.05) is 25.4 Å². The maximum Gasteiger partial charge on any atom is 0.195 e. The summed E-state index contributed by atoms with van der Waals surface area (Å²) in [4.78, 5) is 2.48. The van der Waals surface area contributed by atoms with Gasteiger partial charge in [0.1, 0.15) is 0 Å². The van der Waals surface area contributed by atoms with Crippen LogP contribution in [0.25, 0.3) is 5.69 Å². The minimum atomic E-state index is 0.256. The molecule has 1 aromatic carbocycles. The van der Waals surface area contributed by atoms with E-state index in [1.54, 1.807) is 11.8 Å². The number of unbranched alkanes of at least 4 members (excludes halogenated alkanes) is 1. The number of nitrogens with zero attached hydrogens (tertiary/aromatic N) is 4. The van der Waals surface area contributed by atoms with Gasteiger partial charge >= 0.3 is 0 Å². The summed E-state index contributed by atoms with van der Waals surface area (Å²) in [7, 11) is 0. The Hall–Kier alpha value is -1.37. The van der Waals surface area contributed by atoms with Gasteiger partial charge in [-0.05, 0) is 50.9 Å². The summed E-state index contributed by atoms with van der Waals surface area (Å²) in [5, 5.41) is 18.8. The van der Waals surface area contributed by atoms with Crippen LogP contribution >= 0.6 is 11.8 Å². The Labute approximate surface area is 148 Å². The molecule has 1 N–H and O–H groups in total. The van der Waals surface area contributed by atoms with Crippen molar-refractivity contribution in [1.29, 1.82) is 0 Å². The molecule has 0 amide bonds. The predicted octanol–water partition coefficient (Wildman–Crippen LogP) is 3.12. The summed E-state index contributed by atoms with van der Waals surface area (Å²) in [5.74, 6) is 1.97. The number of hydrogen-bond acceptors (Lipinski definition) is 5. The molecule has 0 aliphatic carbocycles. The highest BCUT2D eigenvalue weighted by molar-refractivity contribution is 7.99. The molecule has 6 heteroatoms. The average Bonchev–Trinajstić information content (AvgIpc) is 3.03. The first-order valence-electron chi connectivity index (χ1n) is 8.84. The van der Waals surface area contributed by atoms with E-state index in [0.717, 1.165) is 54.9 Å². The van der Waals surface area contributed by atoms with Crippen molar-refractivity contribution in [3.63, 3.8) is 0 Å². The van der Waals surface area contributed by atoms with E-state index >= 15 is 0 Å². The zero-order valence-electron chi connectivity index (χ0n) is 14.1. The first-order chi connectivity index (χ1) is 11.9. The van der Waals surface area contributed by atoms with Crippen LogP contribution in [0.4, 0.5) is 0 Å². The van der Waals surface area contributed by atoms with Gasteiger partial charge in [-0.3, -0.25) is 9.47 Å². The van der Waals surface area contributed by atoms with Crippen molar-refractivity contribution in [2.24, 2.45) is 0 Å². The zero-order valence-corrected chi connectivity index (χ0v) is 14.9. The van der Waals surface area contributed by atoms with Crippen LogP contribution in [0.3, 0.4) is 0 Å². The Kier molecular flexibility index (Phi) is 6.69. The molecule has 1 aliphatic rings. The molecule has 2 heterocycles. The first-order valence-corrected chi connectivity index (χ1v) is 9.83. The third kappa shape index (κ3) is 4.59. The van der Waals surface area contributed by atoms with E-state index in [-0.39, 0.29) is 6.61 Å². The number of thioether (sulfide) groups is 1. The van der Waals surface area contributed by atoms with Crippen molar-refractivity contribution in [3.8, 4) is 5.69 Å². The third-order valence-electron chi connectivity index (χ3n) is 4.31. The summed E-state index contributed by atoms with van der Waals surface area (Å²) < 4.78 is 2.19. The topological polar surface area (TPSA) is 54.2 Å². The van der Waals surface area contributed by atoms with E-state index < -0.39 is 0 Å². The van der Waals surface area contributed by atoms with Gasteiger partial charge in [0.05, 0.1) is 6.54 Å². The summed E-state index contributed by atoms with van der Waals surface area (Å²) in [6.45, 7) is 3.42. The smallest absolute Gasteiger partial charge is 0.195 e. The molecule has 1 fully saturated rings. The minimum absolute atomic E-state index is 0.256. The van der Waals surface area contributed by atoms with E-state index in [2.05, 4.69) is 43.9 Å². The van der Waals surface area contributed by atoms with Crippen molar-refractivity contribution in [2.45, 2.75) is 43.8 Å². The number of aliphatic hydroxyl groups is 1. The fourth-order valence-electron chi connectivity index (χ4n) is 3.03. The standard InChI is InChI=1S/C18H26N4OS/c23-13-7-8-14-24-18-20-19-17(15-21-11-5-2-6-12-21)22(18)16-9-3-1-4-10-16/h1,3-4,9-10,23H,2,5-8,11-15H2. The van der Waals surface area contributed by atoms with Gasteiger partial charge in [-0.25, -0.2) is 0 Å². The average molecular weight is 346 g/mol. The highest BCUT2D eigenvalue weighted by Gasteiger charge is 2.18. The van der Waals surface area contributed by atoms with Gasteiger partial charge in [-0.1, -0.05) is 36.4 Å². The van der Waals surface area contributed by atoms with Crippen LogP contribution in [0.15, 0.2) is 35.5 Å². The molecule has 2 aromatic rings. The van der Waals surface area contributed by atoms with Gasteiger partial charge < -0.3 is 5.11 Å². The molecule has 0 bridgehead atoms. The lowest BCUT2D eigenvalue weighted by Gasteiger charge is -2.26. The van der Waals surface area contributed by atoms with Crippen LogP contribution in [0.5, 0.6) is 0 Å². The second kappa shape index (κ2) is 9.20. The Bertz CT molecular complexity index is 611. The maximum atomic E-state index is 8.93. The van der Waals surface area contributed by atoms with Crippen LogP contribution in [-0.4, -0.2) is 50.2 Å². The lowest BCUT2D eigenvalue weighted by atomic mass is 10.1. The summed E-state index contributed by atoms with van der Waals surface area (Å²) in [5.41, 5.74) is 1.12. The number of benzene rings is 1. The summed E-state index contributed by atoms with van der Waals surface area (Å²) in [6, 6.07) is 10.4.